The highest BCUT2D eigenvalue weighted by Gasteiger charge is 1.99. The van der Waals surface area contributed by atoms with Gasteiger partial charge in [0.1, 0.15) is 0 Å². The summed E-state index contributed by atoms with van der Waals surface area (Å²) in [5.74, 6) is 0. The zero-order valence-electron chi connectivity index (χ0n) is 7.78. The minimum Gasteiger partial charge on any atom is -0.330 e. The first-order chi connectivity index (χ1) is 4.81. The van der Waals surface area contributed by atoms with Crippen molar-refractivity contribution < 1.29 is 0 Å². The molecule has 0 heterocycles. The Bertz CT molecular complexity index is 68.0. The van der Waals surface area contributed by atoms with Crippen molar-refractivity contribution in [1.29, 1.82) is 0 Å². The lowest BCUT2D eigenvalue weighted by Crippen LogP contribution is -2.22. The Morgan fingerprint density at radius 3 is 1.31 bits per heavy atom. The van der Waals surface area contributed by atoms with Gasteiger partial charge in [0.05, 0.1) is 0 Å². The largest absolute Gasteiger partial charge is 0.330 e. The van der Waals surface area contributed by atoms with Gasteiger partial charge in [0, 0.05) is 6.04 Å². The van der Waals surface area contributed by atoms with Crippen LogP contribution in [0.2, 0.25) is 0 Å². The second kappa shape index (κ2) is 18.5. The molecular weight excluding hydrogens is 232 g/mol. The van der Waals surface area contributed by atoms with Crippen LogP contribution in [0.4, 0.5) is 0 Å². The molecule has 6 N–H and O–H groups in total. The van der Waals surface area contributed by atoms with Crippen LogP contribution in [0, 0.1) is 0 Å². The maximum Gasteiger partial charge on any atom is 0.00397 e. The highest BCUT2D eigenvalue weighted by atomic mass is 35.5. The van der Waals surface area contributed by atoms with Gasteiger partial charge in [0.25, 0.3) is 0 Å². The first-order valence-electron chi connectivity index (χ1n) is 3.97. The Morgan fingerprint density at radius 1 is 0.769 bits per heavy atom. The van der Waals surface area contributed by atoms with E-state index in [-0.39, 0.29) is 37.2 Å². The Balaban J connectivity index is -0.000000135. The van der Waals surface area contributed by atoms with E-state index in [1.807, 2.05) is 0 Å². The SMILES string of the molecule is Cl.Cl.Cl.NCCCC(N)CCCN. The zero-order valence-corrected chi connectivity index (χ0v) is 10.2. The second-order valence-corrected chi connectivity index (χ2v) is 2.62. The van der Waals surface area contributed by atoms with Crippen LogP contribution in [0.1, 0.15) is 25.7 Å². The molecule has 0 fully saturated rings. The van der Waals surface area contributed by atoms with Gasteiger partial charge in [-0.25, -0.2) is 0 Å². The van der Waals surface area contributed by atoms with Crippen molar-refractivity contribution >= 4 is 37.2 Å². The molecule has 0 aromatic carbocycles. The molecule has 0 rings (SSSR count). The highest BCUT2D eigenvalue weighted by molar-refractivity contribution is 5.86. The molecule has 0 aromatic rings. The standard InChI is InChI=1S/C7H19N3.3ClH/c8-5-1-3-7(10)4-2-6-9;;;/h7H,1-6,8-10H2;3*1H. The van der Waals surface area contributed by atoms with Crippen LogP contribution in [-0.4, -0.2) is 19.1 Å². The predicted molar refractivity (Wildman–Crippen MR) is 66.3 cm³/mol. The lowest BCUT2D eigenvalue weighted by atomic mass is 10.1. The van der Waals surface area contributed by atoms with E-state index in [0.717, 1.165) is 38.8 Å². The molecular formula is C7H22Cl3N3. The van der Waals surface area contributed by atoms with Crippen LogP contribution in [-0.2, 0) is 0 Å². The molecule has 0 saturated heterocycles. The van der Waals surface area contributed by atoms with Crippen molar-refractivity contribution in [3.63, 3.8) is 0 Å². The maximum absolute atomic E-state index is 5.73. The summed E-state index contributed by atoms with van der Waals surface area (Å²) in [5.41, 5.74) is 16.4. The zero-order chi connectivity index (χ0) is 7.82. The fraction of sp³-hybridized carbons (Fsp3) is 1.00. The predicted octanol–water partition coefficient (Wildman–Crippen LogP) is 1.06. The van der Waals surface area contributed by atoms with Gasteiger partial charge in [-0.3, -0.25) is 0 Å². The van der Waals surface area contributed by atoms with Crippen molar-refractivity contribution in [2.24, 2.45) is 17.2 Å². The van der Waals surface area contributed by atoms with Crippen molar-refractivity contribution in [1.82, 2.24) is 0 Å². The Labute approximate surface area is 99.4 Å². The number of nitrogens with two attached hydrogens (primary N) is 3. The summed E-state index contributed by atoms with van der Waals surface area (Å²) in [5, 5.41) is 0. The fourth-order valence-electron chi connectivity index (χ4n) is 0.904. The molecule has 86 valence electrons. The summed E-state index contributed by atoms with van der Waals surface area (Å²) in [6, 6.07) is 0.312. The molecule has 0 saturated carbocycles. The van der Waals surface area contributed by atoms with Crippen LogP contribution >= 0.6 is 37.2 Å². The molecule has 0 bridgehead atoms. The quantitative estimate of drug-likeness (QED) is 0.663. The summed E-state index contributed by atoms with van der Waals surface area (Å²) in [7, 11) is 0. The number of rotatable bonds is 6. The topological polar surface area (TPSA) is 78.1 Å². The van der Waals surface area contributed by atoms with Crippen LogP contribution in [0.15, 0.2) is 0 Å². The monoisotopic (exact) mass is 253 g/mol. The lowest BCUT2D eigenvalue weighted by molar-refractivity contribution is 0.534. The lowest BCUT2D eigenvalue weighted by Gasteiger charge is -2.08. The number of hydrogen-bond acceptors (Lipinski definition) is 3. The van der Waals surface area contributed by atoms with E-state index in [4.69, 9.17) is 17.2 Å². The Kier molecular flexibility index (Phi) is 33.5. The summed E-state index contributed by atoms with van der Waals surface area (Å²) >= 11 is 0. The van der Waals surface area contributed by atoms with Crippen molar-refractivity contribution in [2.75, 3.05) is 13.1 Å². The molecule has 0 unspecified atom stereocenters. The molecule has 0 aromatic heterocycles. The maximum atomic E-state index is 5.73. The molecule has 0 amide bonds. The van der Waals surface area contributed by atoms with E-state index in [1.54, 1.807) is 0 Å². The Morgan fingerprint density at radius 2 is 1.08 bits per heavy atom. The third-order valence-electron chi connectivity index (χ3n) is 1.56. The fourth-order valence-corrected chi connectivity index (χ4v) is 0.904. The van der Waals surface area contributed by atoms with E-state index >= 15 is 0 Å². The summed E-state index contributed by atoms with van der Waals surface area (Å²) in [4.78, 5) is 0. The van der Waals surface area contributed by atoms with Crippen LogP contribution in [0.5, 0.6) is 0 Å². The van der Waals surface area contributed by atoms with E-state index < -0.39 is 0 Å². The van der Waals surface area contributed by atoms with Crippen molar-refractivity contribution in [3.05, 3.63) is 0 Å². The molecule has 13 heavy (non-hydrogen) atoms. The minimum atomic E-state index is 0. The van der Waals surface area contributed by atoms with Gasteiger partial charge in [-0.15, -0.1) is 37.2 Å². The third-order valence-corrected chi connectivity index (χ3v) is 1.56. The Hall–Kier alpha value is 0.750. The van der Waals surface area contributed by atoms with Crippen molar-refractivity contribution in [3.8, 4) is 0 Å². The van der Waals surface area contributed by atoms with Gasteiger partial charge in [-0.1, -0.05) is 0 Å². The summed E-state index contributed by atoms with van der Waals surface area (Å²) in [6.45, 7) is 1.49. The normalized spacial score (nSPS) is 8.31. The highest BCUT2D eigenvalue weighted by Crippen LogP contribution is 1.99. The van der Waals surface area contributed by atoms with Gasteiger partial charge in [0.2, 0.25) is 0 Å². The molecule has 0 radical (unpaired) electrons. The average molecular weight is 255 g/mol. The molecule has 0 spiro atoms. The van der Waals surface area contributed by atoms with E-state index in [2.05, 4.69) is 0 Å². The van der Waals surface area contributed by atoms with Gasteiger partial charge in [-0.05, 0) is 38.8 Å². The van der Waals surface area contributed by atoms with Crippen LogP contribution < -0.4 is 17.2 Å². The van der Waals surface area contributed by atoms with E-state index in [0.29, 0.717) is 6.04 Å². The number of hydrogen-bond donors (Lipinski definition) is 3. The van der Waals surface area contributed by atoms with E-state index in [1.165, 1.54) is 0 Å². The van der Waals surface area contributed by atoms with Gasteiger partial charge in [-0.2, -0.15) is 0 Å². The average Bonchev–Trinajstić information content (AvgIpc) is 1.97. The van der Waals surface area contributed by atoms with E-state index in [9.17, 15) is 0 Å². The van der Waals surface area contributed by atoms with Gasteiger partial charge < -0.3 is 17.2 Å². The third kappa shape index (κ3) is 19.2. The van der Waals surface area contributed by atoms with Gasteiger partial charge >= 0.3 is 0 Å². The minimum absolute atomic E-state index is 0. The smallest absolute Gasteiger partial charge is 0.00397 e. The van der Waals surface area contributed by atoms with Crippen LogP contribution in [0.3, 0.4) is 0 Å². The van der Waals surface area contributed by atoms with Gasteiger partial charge in [0.15, 0.2) is 0 Å². The van der Waals surface area contributed by atoms with Crippen LogP contribution in [0.25, 0.3) is 0 Å². The second-order valence-electron chi connectivity index (χ2n) is 2.62. The first kappa shape index (κ1) is 23.5. The molecule has 0 aliphatic carbocycles. The molecule has 0 aliphatic heterocycles. The summed E-state index contributed by atoms with van der Waals surface area (Å²) < 4.78 is 0. The van der Waals surface area contributed by atoms with Crippen molar-refractivity contribution in [2.45, 2.75) is 31.7 Å². The molecule has 6 heteroatoms. The molecule has 3 nitrogen and oxygen atoms in total. The molecule has 0 aliphatic rings. The summed E-state index contributed by atoms with van der Waals surface area (Å²) in [6.07, 6.45) is 4.14. The number of halogens is 3. The first-order valence-corrected chi connectivity index (χ1v) is 3.97. The molecule has 0 atom stereocenters.